The molecular formula is C68H47N3O3. The molecule has 0 saturated heterocycles. The average molecular weight is 954 g/mol. The van der Waals surface area contributed by atoms with Crippen molar-refractivity contribution < 1.29 is 13.3 Å². The molecule has 0 bridgehead atoms. The van der Waals surface area contributed by atoms with Crippen molar-refractivity contribution in [1.82, 2.24) is 13.7 Å². The number of hydrogen-bond donors (Lipinski definition) is 0. The van der Waals surface area contributed by atoms with Crippen molar-refractivity contribution in [2.24, 2.45) is 5.92 Å². The van der Waals surface area contributed by atoms with Gasteiger partial charge in [-0.2, -0.15) is 0 Å². The molecule has 0 amide bonds. The van der Waals surface area contributed by atoms with Crippen molar-refractivity contribution in [1.29, 1.82) is 0 Å². The summed E-state index contributed by atoms with van der Waals surface area (Å²) in [6.07, 6.45) is 16.9. The van der Waals surface area contributed by atoms with Crippen LogP contribution in [0.5, 0.6) is 0 Å². The van der Waals surface area contributed by atoms with E-state index in [1.807, 2.05) is 12.1 Å². The Morgan fingerprint density at radius 2 is 1.12 bits per heavy atom. The zero-order chi connectivity index (χ0) is 48.6. The number of furan rings is 3. The Balaban J connectivity index is 0.857. The summed E-state index contributed by atoms with van der Waals surface area (Å²) >= 11 is 0. The van der Waals surface area contributed by atoms with Crippen LogP contribution in [0.3, 0.4) is 0 Å². The molecule has 6 heteroatoms. The standard InChI is InChI=1S/C68H47N3O3/c1-39-19-24-47-46-13-5-9-17-60(46)71(61(47)31-39)68(2)30-29-65-55(38-68)51-33-41(21-27-63(51)72-65)40-20-25-58-49(32-40)50-34-42(69-56-15-7-3-11-44(56)45-12-4-8-16-57(45)69)22-26-59(50)70(58)43-23-28-64-52(35-43)54-37-66-53(36-67(54)74-64)48-14-6-10-18-62(48)73-66/h3-22,24-29,32-39,43H,23,30-31H2,1-2H3. The van der Waals surface area contributed by atoms with E-state index in [0.29, 0.717) is 5.92 Å². The van der Waals surface area contributed by atoms with Crippen molar-refractivity contribution in [3.05, 3.63) is 202 Å². The Bertz CT molecular complexity index is 5070. The first-order chi connectivity index (χ1) is 36.4. The van der Waals surface area contributed by atoms with Gasteiger partial charge in [0.1, 0.15) is 33.2 Å². The van der Waals surface area contributed by atoms with E-state index in [-0.39, 0.29) is 11.6 Å². The molecule has 14 aromatic rings. The van der Waals surface area contributed by atoms with Crippen LogP contribution in [0.15, 0.2) is 183 Å². The zero-order valence-electron chi connectivity index (χ0n) is 40.9. The third kappa shape index (κ3) is 5.54. The van der Waals surface area contributed by atoms with Crippen LogP contribution >= 0.6 is 0 Å². The van der Waals surface area contributed by atoms with Gasteiger partial charge in [0.25, 0.3) is 0 Å². The number of allylic oxidation sites excluding steroid dienone is 1. The van der Waals surface area contributed by atoms with Crippen molar-refractivity contribution in [2.75, 3.05) is 0 Å². The van der Waals surface area contributed by atoms with Crippen molar-refractivity contribution in [2.45, 2.75) is 44.7 Å². The van der Waals surface area contributed by atoms with Gasteiger partial charge in [0.15, 0.2) is 0 Å². The largest absolute Gasteiger partial charge is 0.456 e. The van der Waals surface area contributed by atoms with Crippen LogP contribution in [-0.4, -0.2) is 13.7 Å². The van der Waals surface area contributed by atoms with Crippen molar-refractivity contribution in [3.63, 3.8) is 0 Å². The molecule has 8 aromatic carbocycles. The summed E-state index contributed by atoms with van der Waals surface area (Å²) in [5.41, 5.74) is 17.5. The van der Waals surface area contributed by atoms with E-state index >= 15 is 0 Å². The van der Waals surface area contributed by atoms with Crippen LogP contribution in [0.25, 0.3) is 146 Å². The first-order valence-electron chi connectivity index (χ1n) is 26.1. The summed E-state index contributed by atoms with van der Waals surface area (Å²) in [5, 5.41) is 12.9. The van der Waals surface area contributed by atoms with E-state index < -0.39 is 0 Å². The van der Waals surface area contributed by atoms with E-state index in [9.17, 15) is 0 Å². The Kier molecular flexibility index (Phi) is 7.99. The highest BCUT2D eigenvalue weighted by atomic mass is 16.3. The highest BCUT2D eigenvalue weighted by molar-refractivity contribution is 6.13. The normalized spacial score (nSPS) is 18.4. The van der Waals surface area contributed by atoms with Crippen LogP contribution < -0.4 is 21.3 Å². The van der Waals surface area contributed by atoms with Gasteiger partial charge in [-0.05, 0) is 146 Å². The second-order valence-corrected chi connectivity index (χ2v) is 21.4. The molecule has 6 heterocycles. The summed E-state index contributed by atoms with van der Waals surface area (Å²) < 4.78 is 27.3. The van der Waals surface area contributed by atoms with Gasteiger partial charge in [-0.15, -0.1) is 0 Å². The van der Waals surface area contributed by atoms with E-state index in [0.717, 1.165) is 90.4 Å². The number of hydrogen-bond acceptors (Lipinski definition) is 3. The summed E-state index contributed by atoms with van der Waals surface area (Å²) in [6.45, 7) is 4.73. The molecule has 6 nitrogen and oxygen atoms in total. The van der Waals surface area contributed by atoms with Gasteiger partial charge < -0.3 is 27.0 Å². The molecule has 0 N–H and O–H groups in total. The number of para-hydroxylation sites is 4. The lowest BCUT2D eigenvalue weighted by atomic mass is 9.89. The summed E-state index contributed by atoms with van der Waals surface area (Å²) in [5.74, 6) is 0.487. The van der Waals surface area contributed by atoms with E-state index in [1.165, 1.54) is 76.6 Å². The lowest BCUT2D eigenvalue weighted by Gasteiger charge is -2.33. The molecule has 17 rings (SSSR count). The number of aromatic nitrogens is 3. The van der Waals surface area contributed by atoms with Crippen molar-refractivity contribution >= 4 is 129 Å². The lowest BCUT2D eigenvalue weighted by molar-refractivity contribution is 0.436. The SMILES string of the molecule is CC1C=Cc2c(n(C3(C)C=c4c(oc5ccc(-c6ccc7c(c6)c6cc(-n8c9ccccc9c9ccccc98)ccc6n7C6C=c7c(oc8cc9c(cc78)oc7ccccc79)=CC6)cc45)=CC3)c3ccccc23)C1. The quantitative estimate of drug-likeness (QED) is 0.177. The first kappa shape index (κ1) is 40.6. The monoisotopic (exact) mass is 953 g/mol. The molecule has 0 radical (unpaired) electrons. The van der Waals surface area contributed by atoms with Gasteiger partial charge in [-0.1, -0.05) is 104 Å². The fourth-order valence-corrected chi connectivity index (χ4v) is 13.6. The summed E-state index contributed by atoms with van der Waals surface area (Å²) in [4.78, 5) is 0. The molecule has 3 aliphatic rings. The zero-order valence-corrected chi connectivity index (χ0v) is 40.9. The third-order valence-electron chi connectivity index (χ3n) is 17.0. The molecule has 3 atom stereocenters. The second kappa shape index (κ2) is 14.6. The van der Waals surface area contributed by atoms with E-state index in [2.05, 4.69) is 216 Å². The van der Waals surface area contributed by atoms with E-state index in [1.54, 1.807) is 0 Å². The number of nitrogens with zero attached hydrogens (tertiary/aromatic N) is 3. The smallest absolute Gasteiger partial charge is 0.136 e. The van der Waals surface area contributed by atoms with Gasteiger partial charge in [0, 0.05) is 92.4 Å². The van der Waals surface area contributed by atoms with Gasteiger partial charge in [-0.25, -0.2) is 0 Å². The highest BCUT2D eigenvalue weighted by Gasteiger charge is 2.33. The van der Waals surface area contributed by atoms with Crippen LogP contribution in [0.2, 0.25) is 0 Å². The molecule has 0 spiro atoms. The van der Waals surface area contributed by atoms with Gasteiger partial charge in [0.05, 0.1) is 22.6 Å². The van der Waals surface area contributed by atoms with Crippen molar-refractivity contribution in [3.8, 4) is 16.8 Å². The average Bonchev–Trinajstić information content (AvgIpc) is 4.28. The molecule has 6 aromatic heterocycles. The molecule has 0 saturated carbocycles. The molecule has 3 unspecified atom stereocenters. The predicted molar refractivity (Wildman–Crippen MR) is 305 cm³/mol. The maximum atomic E-state index is 6.67. The van der Waals surface area contributed by atoms with Crippen LogP contribution in [0, 0.1) is 5.92 Å². The second-order valence-electron chi connectivity index (χ2n) is 21.4. The van der Waals surface area contributed by atoms with Crippen LogP contribution in [0.1, 0.15) is 44.0 Å². The minimum Gasteiger partial charge on any atom is -0.456 e. The Labute approximate surface area is 423 Å². The topological polar surface area (TPSA) is 54.2 Å². The Morgan fingerprint density at radius 1 is 0.500 bits per heavy atom. The number of fused-ring (bicyclic) bond motifs is 18. The maximum absolute atomic E-state index is 6.67. The van der Waals surface area contributed by atoms with Crippen LogP contribution in [-0.2, 0) is 12.0 Å². The lowest BCUT2D eigenvalue weighted by Crippen LogP contribution is -2.38. The summed E-state index contributed by atoms with van der Waals surface area (Å²) in [6, 6.07) is 60.0. The molecule has 352 valence electrons. The minimum absolute atomic E-state index is 0.0387. The molecule has 3 aliphatic carbocycles. The minimum atomic E-state index is -0.274. The fraction of sp³-hybridized carbons (Fsp3) is 0.118. The van der Waals surface area contributed by atoms with E-state index in [4.69, 9.17) is 13.3 Å². The van der Waals surface area contributed by atoms with Gasteiger partial charge in [0.2, 0.25) is 0 Å². The molecular weight excluding hydrogens is 907 g/mol. The molecule has 0 aliphatic heterocycles. The first-order valence-corrected chi connectivity index (χ1v) is 26.1. The number of benzene rings is 8. The predicted octanol–water partition coefficient (Wildman–Crippen LogP) is 14.7. The third-order valence-corrected chi connectivity index (χ3v) is 17.0. The van der Waals surface area contributed by atoms with Crippen LogP contribution in [0.4, 0.5) is 0 Å². The fourth-order valence-electron chi connectivity index (χ4n) is 13.6. The number of rotatable bonds is 4. The molecule has 74 heavy (non-hydrogen) atoms. The Hall–Kier alpha value is -9.00. The van der Waals surface area contributed by atoms with Gasteiger partial charge >= 0.3 is 0 Å². The summed E-state index contributed by atoms with van der Waals surface area (Å²) in [7, 11) is 0. The Morgan fingerprint density at radius 3 is 1.95 bits per heavy atom. The highest BCUT2D eigenvalue weighted by Crippen LogP contribution is 2.43. The maximum Gasteiger partial charge on any atom is 0.136 e. The van der Waals surface area contributed by atoms with Gasteiger partial charge in [-0.3, -0.25) is 0 Å². The molecule has 0 fully saturated rings.